The Kier molecular flexibility index (Phi) is 8.01. The molecule has 0 aliphatic rings. The van der Waals surface area contributed by atoms with Gasteiger partial charge in [0.1, 0.15) is 11.5 Å². The van der Waals surface area contributed by atoms with Gasteiger partial charge in [-0.15, -0.1) is 0 Å². The van der Waals surface area contributed by atoms with E-state index >= 15 is 0 Å². The van der Waals surface area contributed by atoms with E-state index in [-0.39, 0.29) is 11.5 Å². The molecule has 3 amide bonds. The van der Waals surface area contributed by atoms with Gasteiger partial charge in [-0.1, -0.05) is 26.8 Å². The zero-order chi connectivity index (χ0) is 23.0. The SMILES string of the molecule is CCOc1ccc(OC(C)C(=O)NNC(=O)c2cccc(NC(=O)C(C)(C)C)c2)cc1. The van der Waals surface area contributed by atoms with Gasteiger partial charge in [-0.25, -0.2) is 0 Å². The molecule has 3 N–H and O–H groups in total. The molecule has 0 spiro atoms. The zero-order valence-electron chi connectivity index (χ0n) is 18.4. The van der Waals surface area contributed by atoms with E-state index in [2.05, 4.69) is 16.2 Å². The number of hydrogen-bond donors (Lipinski definition) is 3. The molecule has 0 aromatic heterocycles. The zero-order valence-corrected chi connectivity index (χ0v) is 18.4. The lowest BCUT2D eigenvalue weighted by molar-refractivity contribution is -0.128. The highest BCUT2D eigenvalue weighted by molar-refractivity contribution is 5.99. The van der Waals surface area contributed by atoms with Crippen molar-refractivity contribution >= 4 is 23.4 Å². The van der Waals surface area contributed by atoms with E-state index in [0.29, 0.717) is 23.8 Å². The maximum atomic E-state index is 12.4. The van der Waals surface area contributed by atoms with Gasteiger partial charge >= 0.3 is 0 Å². The summed E-state index contributed by atoms with van der Waals surface area (Å²) in [6, 6.07) is 13.3. The summed E-state index contributed by atoms with van der Waals surface area (Å²) in [5.41, 5.74) is 4.90. The number of carbonyl (C=O) groups excluding carboxylic acids is 3. The molecule has 0 heterocycles. The predicted molar refractivity (Wildman–Crippen MR) is 118 cm³/mol. The van der Waals surface area contributed by atoms with Crippen molar-refractivity contribution < 1.29 is 23.9 Å². The molecule has 166 valence electrons. The largest absolute Gasteiger partial charge is 0.494 e. The van der Waals surface area contributed by atoms with Crippen LogP contribution in [0, 0.1) is 5.41 Å². The quantitative estimate of drug-likeness (QED) is 0.588. The Bertz CT molecular complexity index is 920. The Morgan fingerprint density at radius 3 is 2.23 bits per heavy atom. The van der Waals surface area contributed by atoms with E-state index in [1.165, 1.54) is 6.07 Å². The van der Waals surface area contributed by atoms with E-state index < -0.39 is 23.3 Å². The van der Waals surface area contributed by atoms with Crippen molar-refractivity contribution in [3.05, 3.63) is 54.1 Å². The first kappa shape index (κ1) is 23.7. The third-order valence-corrected chi connectivity index (χ3v) is 4.18. The average molecular weight is 428 g/mol. The number of benzene rings is 2. The highest BCUT2D eigenvalue weighted by Crippen LogP contribution is 2.19. The lowest BCUT2D eigenvalue weighted by Crippen LogP contribution is -2.47. The molecular weight excluding hydrogens is 398 g/mol. The van der Waals surface area contributed by atoms with Crippen molar-refractivity contribution in [2.24, 2.45) is 5.41 Å². The third kappa shape index (κ3) is 7.33. The van der Waals surface area contributed by atoms with Crippen LogP contribution in [0.3, 0.4) is 0 Å². The first-order valence-corrected chi connectivity index (χ1v) is 10.0. The second kappa shape index (κ2) is 10.5. The fraction of sp³-hybridized carbons (Fsp3) is 0.348. The molecule has 1 atom stereocenters. The second-order valence-electron chi connectivity index (χ2n) is 7.89. The van der Waals surface area contributed by atoms with Gasteiger partial charge in [0.25, 0.3) is 11.8 Å². The van der Waals surface area contributed by atoms with Crippen LogP contribution in [0.1, 0.15) is 45.0 Å². The molecule has 2 aromatic rings. The molecule has 0 bridgehead atoms. The number of amides is 3. The maximum Gasteiger partial charge on any atom is 0.279 e. The summed E-state index contributed by atoms with van der Waals surface area (Å²) in [5.74, 6) is 0.00591. The standard InChI is InChI=1S/C23H29N3O5/c1-6-30-18-10-12-19(13-11-18)31-15(2)20(27)25-26-21(28)16-8-7-9-17(14-16)24-22(29)23(3,4)5/h7-15H,6H2,1-5H3,(H,24,29)(H,25,27)(H,26,28). The van der Waals surface area contributed by atoms with E-state index in [1.807, 2.05) is 6.92 Å². The van der Waals surface area contributed by atoms with Crippen molar-refractivity contribution in [1.29, 1.82) is 0 Å². The van der Waals surface area contributed by atoms with Crippen LogP contribution >= 0.6 is 0 Å². The fourth-order valence-electron chi connectivity index (χ4n) is 2.39. The van der Waals surface area contributed by atoms with E-state index in [9.17, 15) is 14.4 Å². The lowest BCUT2D eigenvalue weighted by Gasteiger charge is -2.18. The predicted octanol–water partition coefficient (Wildman–Crippen LogP) is 3.30. The first-order chi connectivity index (χ1) is 14.6. The number of anilines is 1. The topological polar surface area (TPSA) is 106 Å². The number of hydrogen-bond acceptors (Lipinski definition) is 5. The Hall–Kier alpha value is -3.55. The molecule has 0 saturated carbocycles. The number of rotatable bonds is 7. The Labute approximate surface area is 182 Å². The van der Waals surface area contributed by atoms with Crippen molar-refractivity contribution in [3.63, 3.8) is 0 Å². The number of carbonyl (C=O) groups is 3. The minimum atomic E-state index is -0.837. The molecule has 31 heavy (non-hydrogen) atoms. The lowest BCUT2D eigenvalue weighted by atomic mass is 9.95. The molecule has 2 aromatic carbocycles. The average Bonchev–Trinajstić information content (AvgIpc) is 2.72. The number of hydrazine groups is 1. The molecule has 8 heteroatoms. The normalized spacial score (nSPS) is 11.8. The molecule has 2 rings (SSSR count). The van der Waals surface area contributed by atoms with Crippen LogP contribution in [0.5, 0.6) is 11.5 Å². The molecule has 0 radical (unpaired) electrons. The summed E-state index contributed by atoms with van der Waals surface area (Å²) >= 11 is 0. The fourth-order valence-corrected chi connectivity index (χ4v) is 2.39. The molecule has 0 aliphatic heterocycles. The highest BCUT2D eigenvalue weighted by Gasteiger charge is 2.21. The molecule has 8 nitrogen and oxygen atoms in total. The molecular formula is C23H29N3O5. The van der Waals surface area contributed by atoms with Crippen LogP contribution < -0.4 is 25.6 Å². The van der Waals surface area contributed by atoms with Crippen molar-refractivity contribution in [2.75, 3.05) is 11.9 Å². The van der Waals surface area contributed by atoms with Gasteiger partial charge < -0.3 is 14.8 Å². The van der Waals surface area contributed by atoms with Crippen LogP contribution in [0.2, 0.25) is 0 Å². The van der Waals surface area contributed by atoms with E-state index in [1.54, 1.807) is 70.2 Å². The number of ether oxygens (including phenoxy) is 2. The summed E-state index contributed by atoms with van der Waals surface area (Å²) in [5, 5.41) is 2.76. The summed E-state index contributed by atoms with van der Waals surface area (Å²) in [4.78, 5) is 36.7. The molecule has 0 aliphatic carbocycles. The molecule has 1 unspecified atom stereocenters. The van der Waals surface area contributed by atoms with Crippen LogP contribution in [0.15, 0.2) is 48.5 Å². The second-order valence-corrected chi connectivity index (χ2v) is 7.89. The van der Waals surface area contributed by atoms with E-state index in [4.69, 9.17) is 9.47 Å². The molecule has 0 fully saturated rings. The summed E-state index contributed by atoms with van der Waals surface area (Å²) in [6.07, 6.45) is -0.837. The van der Waals surface area contributed by atoms with Gasteiger partial charge in [0.15, 0.2) is 6.10 Å². The summed E-state index contributed by atoms with van der Waals surface area (Å²) in [7, 11) is 0. The highest BCUT2D eigenvalue weighted by atomic mass is 16.5. The Morgan fingerprint density at radius 1 is 0.968 bits per heavy atom. The van der Waals surface area contributed by atoms with E-state index in [0.717, 1.165) is 0 Å². The maximum absolute atomic E-state index is 12.4. The van der Waals surface area contributed by atoms with Crippen LogP contribution in [0.25, 0.3) is 0 Å². The van der Waals surface area contributed by atoms with Crippen LogP contribution in [-0.2, 0) is 9.59 Å². The van der Waals surface area contributed by atoms with Gasteiger partial charge in [0, 0.05) is 16.7 Å². The van der Waals surface area contributed by atoms with Gasteiger partial charge in [0.2, 0.25) is 5.91 Å². The third-order valence-electron chi connectivity index (χ3n) is 4.18. The first-order valence-electron chi connectivity index (χ1n) is 10.0. The number of nitrogens with one attached hydrogen (secondary N) is 3. The van der Waals surface area contributed by atoms with Crippen LogP contribution in [-0.4, -0.2) is 30.4 Å². The van der Waals surface area contributed by atoms with Gasteiger partial charge in [-0.2, -0.15) is 0 Å². The summed E-state index contributed by atoms with van der Waals surface area (Å²) < 4.78 is 10.9. The van der Waals surface area contributed by atoms with Gasteiger partial charge in [-0.05, 0) is 56.3 Å². The van der Waals surface area contributed by atoms with Gasteiger partial charge in [-0.3, -0.25) is 25.2 Å². The Balaban J connectivity index is 1.89. The smallest absolute Gasteiger partial charge is 0.279 e. The summed E-state index contributed by atoms with van der Waals surface area (Å²) in [6.45, 7) is 9.41. The van der Waals surface area contributed by atoms with Crippen molar-refractivity contribution in [2.45, 2.75) is 40.7 Å². The minimum absolute atomic E-state index is 0.168. The van der Waals surface area contributed by atoms with Crippen LogP contribution in [0.4, 0.5) is 5.69 Å². The van der Waals surface area contributed by atoms with Crippen molar-refractivity contribution in [3.8, 4) is 11.5 Å². The van der Waals surface area contributed by atoms with Crippen molar-refractivity contribution in [1.82, 2.24) is 10.9 Å². The monoisotopic (exact) mass is 427 g/mol. The minimum Gasteiger partial charge on any atom is -0.494 e. The Morgan fingerprint density at radius 2 is 1.61 bits per heavy atom. The van der Waals surface area contributed by atoms with Gasteiger partial charge in [0.05, 0.1) is 6.61 Å². The molecule has 0 saturated heterocycles.